The molecular formula is C19H23BrN4O. The Morgan fingerprint density at radius 1 is 1.12 bits per heavy atom. The first-order valence-electron chi connectivity index (χ1n) is 8.56. The molecule has 0 spiro atoms. The first-order chi connectivity index (χ1) is 12.0. The number of piperazine rings is 1. The average Bonchev–Trinajstić information content (AvgIpc) is 2.63. The van der Waals surface area contributed by atoms with Crippen LogP contribution >= 0.6 is 15.9 Å². The summed E-state index contributed by atoms with van der Waals surface area (Å²) in [5, 5.41) is 2.99. The Bertz CT molecular complexity index is 724. The van der Waals surface area contributed by atoms with Crippen LogP contribution in [0.2, 0.25) is 0 Å². The Hall–Kier alpha value is -2.08. The molecule has 1 aliphatic rings. The third kappa shape index (κ3) is 4.31. The minimum atomic E-state index is -0.0444. The molecule has 2 heterocycles. The molecule has 1 aromatic carbocycles. The van der Waals surface area contributed by atoms with Gasteiger partial charge >= 0.3 is 6.03 Å². The molecule has 1 saturated heterocycles. The SMILES string of the molecule is CC(C)c1ccc(NC(=O)N2CCN(c3ncccc3Br)CC2)cc1. The van der Waals surface area contributed by atoms with Crippen LogP contribution in [-0.4, -0.2) is 42.1 Å². The highest BCUT2D eigenvalue weighted by molar-refractivity contribution is 9.10. The van der Waals surface area contributed by atoms with Gasteiger partial charge in [0.15, 0.2) is 0 Å². The predicted molar refractivity (Wildman–Crippen MR) is 105 cm³/mol. The molecule has 6 heteroatoms. The van der Waals surface area contributed by atoms with Crippen molar-refractivity contribution in [3.8, 4) is 0 Å². The fourth-order valence-electron chi connectivity index (χ4n) is 2.89. The number of hydrogen-bond donors (Lipinski definition) is 1. The molecule has 0 atom stereocenters. The van der Waals surface area contributed by atoms with Crippen LogP contribution in [0.1, 0.15) is 25.3 Å². The van der Waals surface area contributed by atoms with Crippen LogP contribution in [0.25, 0.3) is 0 Å². The minimum absolute atomic E-state index is 0.0444. The zero-order valence-electron chi connectivity index (χ0n) is 14.6. The molecule has 25 heavy (non-hydrogen) atoms. The van der Waals surface area contributed by atoms with Gasteiger partial charge in [0, 0.05) is 38.1 Å². The molecular weight excluding hydrogens is 380 g/mol. The van der Waals surface area contributed by atoms with Gasteiger partial charge in [-0.05, 0) is 51.7 Å². The maximum Gasteiger partial charge on any atom is 0.321 e. The number of nitrogens with one attached hydrogen (secondary N) is 1. The summed E-state index contributed by atoms with van der Waals surface area (Å²) in [4.78, 5) is 20.9. The van der Waals surface area contributed by atoms with E-state index >= 15 is 0 Å². The number of rotatable bonds is 3. The number of benzene rings is 1. The van der Waals surface area contributed by atoms with E-state index in [1.807, 2.05) is 29.2 Å². The summed E-state index contributed by atoms with van der Waals surface area (Å²) in [6.07, 6.45) is 1.79. The molecule has 1 aliphatic heterocycles. The summed E-state index contributed by atoms with van der Waals surface area (Å²) in [5.74, 6) is 1.43. The van der Waals surface area contributed by atoms with E-state index in [1.165, 1.54) is 5.56 Å². The van der Waals surface area contributed by atoms with E-state index in [9.17, 15) is 4.79 Å². The van der Waals surface area contributed by atoms with Gasteiger partial charge in [-0.15, -0.1) is 0 Å². The Morgan fingerprint density at radius 2 is 1.80 bits per heavy atom. The van der Waals surface area contributed by atoms with E-state index in [0.717, 1.165) is 29.1 Å². The first kappa shape index (κ1) is 17.7. The van der Waals surface area contributed by atoms with Crippen LogP contribution < -0.4 is 10.2 Å². The fraction of sp³-hybridized carbons (Fsp3) is 0.368. The standard InChI is InChI=1S/C19H23BrN4O/c1-14(2)15-5-7-16(8-6-15)22-19(25)24-12-10-23(11-13-24)18-17(20)4-3-9-21-18/h3-9,14H,10-13H2,1-2H3,(H,22,25). The Labute approximate surface area is 157 Å². The number of halogens is 1. The van der Waals surface area contributed by atoms with Gasteiger partial charge in [-0.25, -0.2) is 9.78 Å². The molecule has 0 saturated carbocycles. The van der Waals surface area contributed by atoms with Crippen molar-refractivity contribution in [2.45, 2.75) is 19.8 Å². The number of amides is 2. The molecule has 2 amide bonds. The number of hydrogen-bond acceptors (Lipinski definition) is 3. The lowest BCUT2D eigenvalue weighted by Crippen LogP contribution is -2.50. The van der Waals surface area contributed by atoms with Crippen molar-refractivity contribution >= 4 is 33.5 Å². The summed E-state index contributed by atoms with van der Waals surface area (Å²) in [6, 6.07) is 11.9. The molecule has 1 fully saturated rings. The van der Waals surface area contributed by atoms with Crippen molar-refractivity contribution < 1.29 is 4.79 Å². The number of carbonyl (C=O) groups is 1. The van der Waals surface area contributed by atoms with E-state index in [2.05, 4.69) is 57.1 Å². The maximum atomic E-state index is 12.5. The van der Waals surface area contributed by atoms with Crippen LogP contribution in [0.3, 0.4) is 0 Å². The first-order valence-corrected chi connectivity index (χ1v) is 9.35. The monoisotopic (exact) mass is 402 g/mol. The van der Waals surface area contributed by atoms with E-state index < -0.39 is 0 Å². The van der Waals surface area contributed by atoms with Crippen molar-refractivity contribution in [2.24, 2.45) is 0 Å². The lowest BCUT2D eigenvalue weighted by molar-refractivity contribution is 0.208. The topological polar surface area (TPSA) is 48.5 Å². The zero-order chi connectivity index (χ0) is 17.8. The third-order valence-corrected chi connectivity index (χ3v) is 5.05. The van der Waals surface area contributed by atoms with Crippen LogP contribution in [-0.2, 0) is 0 Å². The van der Waals surface area contributed by atoms with Gasteiger partial charge in [0.1, 0.15) is 5.82 Å². The van der Waals surface area contributed by atoms with Gasteiger partial charge in [0.25, 0.3) is 0 Å². The summed E-state index contributed by atoms with van der Waals surface area (Å²) in [5.41, 5.74) is 2.11. The van der Waals surface area contributed by atoms with Crippen LogP contribution in [0.15, 0.2) is 47.1 Å². The zero-order valence-corrected chi connectivity index (χ0v) is 16.2. The quantitative estimate of drug-likeness (QED) is 0.831. The van der Waals surface area contributed by atoms with Crippen molar-refractivity contribution in [1.29, 1.82) is 0 Å². The van der Waals surface area contributed by atoms with Gasteiger partial charge in [-0.3, -0.25) is 0 Å². The molecule has 132 valence electrons. The normalized spacial score (nSPS) is 14.7. The van der Waals surface area contributed by atoms with Crippen molar-refractivity contribution in [1.82, 2.24) is 9.88 Å². The smallest absolute Gasteiger partial charge is 0.321 e. The van der Waals surface area contributed by atoms with Gasteiger partial charge in [0.05, 0.1) is 4.47 Å². The second kappa shape index (κ2) is 7.87. The average molecular weight is 403 g/mol. The summed E-state index contributed by atoms with van der Waals surface area (Å²) in [7, 11) is 0. The highest BCUT2D eigenvalue weighted by Crippen LogP contribution is 2.24. The lowest BCUT2D eigenvalue weighted by atomic mass is 10.0. The summed E-state index contributed by atoms with van der Waals surface area (Å²) in [6.45, 7) is 7.22. The molecule has 0 radical (unpaired) electrons. The van der Waals surface area contributed by atoms with Gasteiger partial charge < -0.3 is 15.1 Å². The predicted octanol–water partition coefficient (Wildman–Crippen LogP) is 4.32. The molecule has 1 aromatic heterocycles. The highest BCUT2D eigenvalue weighted by Gasteiger charge is 2.23. The second-order valence-electron chi connectivity index (χ2n) is 6.49. The summed E-state index contributed by atoms with van der Waals surface area (Å²) < 4.78 is 0.984. The van der Waals surface area contributed by atoms with E-state index in [-0.39, 0.29) is 6.03 Å². The molecule has 5 nitrogen and oxygen atoms in total. The van der Waals surface area contributed by atoms with E-state index in [4.69, 9.17) is 0 Å². The molecule has 1 N–H and O–H groups in total. The van der Waals surface area contributed by atoms with E-state index in [0.29, 0.717) is 19.0 Å². The summed E-state index contributed by atoms with van der Waals surface area (Å²) >= 11 is 3.54. The van der Waals surface area contributed by atoms with Crippen molar-refractivity contribution in [3.05, 3.63) is 52.6 Å². The van der Waals surface area contributed by atoms with Crippen molar-refractivity contribution in [2.75, 3.05) is 36.4 Å². The van der Waals surface area contributed by atoms with Gasteiger partial charge in [-0.2, -0.15) is 0 Å². The number of urea groups is 1. The lowest BCUT2D eigenvalue weighted by Gasteiger charge is -2.35. The van der Waals surface area contributed by atoms with Crippen LogP contribution in [0.5, 0.6) is 0 Å². The number of carbonyl (C=O) groups excluding carboxylic acids is 1. The highest BCUT2D eigenvalue weighted by atomic mass is 79.9. The Balaban J connectivity index is 1.55. The molecule has 3 rings (SSSR count). The molecule has 0 bridgehead atoms. The largest absolute Gasteiger partial charge is 0.352 e. The Kier molecular flexibility index (Phi) is 5.58. The van der Waals surface area contributed by atoms with Gasteiger partial charge in [-0.1, -0.05) is 26.0 Å². The molecule has 2 aromatic rings. The number of nitrogens with zero attached hydrogens (tertiary/aromatic N) is 3. The Morgan fingerprint density at radius 3 is 2.40 bits per heavy atom. The number of anilines is 2. The number of pyridine rings is 1. The van der Waals surface area contributed by atoms with Crippen molar-refractivity contribution in [3.63, 3.8) is 0 Å². The van der Waals surface area contributed by atoms with Crippen LogP contribution in [0.4, 0.5) is 16.3 Å². The van der Waals surface area contributed by atoms with Crippen LogP contribution in [0, 0.1) is 0 Å². The minimum Gasteiger partial charge on any atom is -0.352 e. The number of aromatic nitrogens is 1. The second-order valence-corrected chi connectivity index (χ2v) is 7.34. The maximum absolute atomic E-state index is 12.5. The third-order valence-electron chi connectivity index (χ3n) is 4.43. The van der Waals surface area contributed by atoms with E-state index in [1.54, 1.807) is 6.20 Å². The van der Waals surface area contributed by atoms with Gasteiger partial charge in [0.2, 0.25) is 0 Å². The fourth-order valence-corrected chi connectivity index (χ4v) is 3.39. The molecule has 0 aliphatic carbocycles. The molecule has 0 unspecified atom stereocenters.